The molecule has 0 radical (unpaired) electrons. The Bertz CT molecular complexity index is 1080. The Hall–Kier alpha value is -1.60. The average Bonchev–Trinajstić information content (AvgIpc) is 2.62. The molecule has 0 amide bonds. The highest BCUT2D eigenvalue weighted by molar-refractivity contribution is 7.42. The van der Waals surface area contributed by atoms with E-state index in [0.29, 0.717) is 11.5 Å². The molecule has 0 saturated carbocycles. The molecule has 2 nitrogen and oxygen atoms in total. The van der Waals surface area contributed by atoms with Gasteiger partial charge in [0.15, 0.2) is 0 Å². The highest BCUT2D eigenvalue weighted by atomic mass is 31.2. The molecule has 4 heteroatoms. The highest BCUT2D eigenvalue weighted by Crippen LogP contribution is 2.57. The van der Waals surface area contributed by atoms with Gasteiger partial charge < -0.3 is 9.05 Å². The SMILES string of the molecule is CC1c2cccc(C(C)(C)C)c2OP(F)Oc2c(C(C)(C)C)cc(C(C)(C)C)c(C(C)(C)C)c21. The summed E-state index contributed by atoms with van der Waals surface area (Å²) < 4.78 is 27.8. The van der Waals surface area contributed by atoms with Gasteiger partial charge in [0.2, 0.25) is 0 Å². The number of fused-ring (bicyclic) bond motifs is 2. The molecule has 188 valence electrons. The van der Waals surface area contributed by atoms with Crippen molar-refractivity contribution in [3.63, 3.8) is 0 Å². The lowest BCUT2D eigenvalue weighted by Crippen LogP contribution is -2.28. The highest BCUT2D eigenvalue weighted by Gasteiger charge is 2.40. The number of rotatable bonds is 0. The second-order valence-corrected chi connectivity index (χ2v) is 14.7. The van der Waals surface area contributed by atoms with Crippen LogP contribution in [0.5, 0.6) is 11.5 Å². The summed E-state index contributed by atoms with van der Waals surface area (Å²) in [5.41, 5.74) is 6.11. The summed E-state index contributed by atoms with van der Waals surface area (Å²) in [5.74, 6) is 1.28. The van der Waals surface area contributed by atoms with Crippen LogP contribution in [0.1, 0.15) is 129 Å². The molecule has 2 unspecified atom stereocenters. The van der Waals surface area contributed by atoms with Gasteiger partial charge in [0, 0.05) is 28.2 Å². The van der Waals surface area contributed by atoms with Crippen LogP contribution < -0.4 is 9.05 Å². The fraction of sp³-hybridized carbons (Fsp3) is 0.600. The summed E-state index contributed by atoms with van der Waals surface area (Å²) in [6.07, 6.45) is 0. The molecule has 0 aliphatic carbocycles. The summed E-state index contributed by atoms with van der Waals surface area (Å²) in [6.45, 7) is 28.7. The maximum Gasteiger partial charge on any atom is 0.505 e. The van der Waals surface area contributed by atoms with E-state index in [2.05, 4.69) is 108 Å². The van der Waals surface area contributed by atoms with E-state index in [1.807, 2.05) is 6.07 Å². The molecule has 2 aromatic rings. The van der Waals surface area contributed by atoms with Gasteiger partial charge >= 0.3 is 8.69 Å². The van der Waals surface area contributed by atoms with E-state index in [9.17, 15) is 0 Å². The number of hydrogen-bond acceptors (Lipinski definition) is 2. The van der Waals surface area contributed by atoms with E-state index in [1.165, 1.54) is 11.1 Å². The predicted octanol–water partition coefficient (Wildman–Crippen LogP) is 10.00. The first kappa shape index (κ1) is 27.0. The average molecular weight is 487 g/mol. The van der Waals surface area contributed by atoms with Crippen molar-refractivity contribution in [1.29, 1.82) is 0 Å². The van der Waals surface area contributed by atoms with Crippen molar-refractivity contribution in [3.05, 3.63) is 57.6 Å². The van der Waals surface area contributed by atoms with Gasteiger partial charge in [-0.15, -0.1) is 4.20 Å². The van der Waals surface area contributed by atoms with Crippen molar-refractivity contribution >= 4 is 8.69 Å². The first-order valence-electron chi connectivity index (χ1n) is 12.4. The summed E-state index contributed by atoms with van der Waals surface area (Å²) in [6, 6.07) is 8.49. The number of halogens is 1. The molecule has 3 rings (SSSR count). The van der Waals surface area contributed by atoms with Crippen molar-refractivity contribution in [2.45, 2.75) is 118 Å². The zero-order valence-corrected chi connectivity index (χ0v) is 24.4. The topological polar surface area (TPSA) is 18.5 Å². The van der Waals surface area contributed by atoms with E-state index in [-0.39, 0.29) is 27.6 Å². The van der Waals surface area contributed by atoms with Gasteiger partial charge in [-0.25, -0.2) is 0 Å². The molecule has 0 saturated heterocycles. The molecule has 0 bridgehead atoms. The monoisotopic (exact) mass is 486 g/mol. The van der Waals surface area contributed by atoms with Gasteiger partial charge in [0.1, 0.15) is 11.5 Å². The third kappa shape index (κ3) is 5.01. The van der Waals surface area contributed by atoms with Gasteiger partial charge in [0.05, 0.1) is 0 Å². The normalized spacial score (nSPS) is 19.4. The minimum atomic E-state index is -2.64. The number of benzene rings is 2. The zero-order chi connectivity index (χ0) is 26.0. The Morgan fingerprint density at radius 2 is 1.18 bits per heavy atom. The maximum atomic E-state index is 15.6. The van der Waals surface area contributed by atoms with Crippen molar-refractivity contribution in [2.24, 2.45) is 0 Å². The van der Waals surface area contributed by atoms with Gasteiger partial charge in [-0.3, -0.25) is 0 Å². The fourth-order valence-electron chi connectivity index (χ4n) is 5.06. The lowest BCUT2D eigenvalue weighted by atomic mass is 9.67. The Balaban J connectivity index is 2.55. The third-order valence-electron chi connectivity index (χ3n) is 6.76. The van der Waals surface area contributed by atoms with Crippen LogP contribution in [0.2, 0.25) is 0 Å². The Kier molecular flexibility index (Phi) is 6.76. The van der Waals surface area contributed by atoms with E-state index in [1.54, 1.807) is 0 Å². The molecule has 1 aliphatic rings. The van der Waals surface area contributed by atoms with Crippen molar-refractivity contribution < 1.29 is 13.2 Å². The summed E-state index contributed by atoms with van der Waals surface area (Å²) >= 11 is 0. The summed E-state index contributed by atoms with van der Waals surface area (Å²) in [7, 11) is -2.64. The fourth-order valence-corrected chi connectivity index (χ4v) is 5.78. The van der Waals surface area contributed by atoms with E-state index in [0.717, 1.165) is 22.3 Å². The quantitative estimate of drug-likeness (QED) is 0.345. The van der Waals surface area contributed by atoms with Gasteiger partial charge in [0.25, 0.3) is 0 Å². The standard InChI is InChI=1S/C30H44FO2P/c1-18-19-15-14-16-20(27(2,3)4)25(19)32-34(31)33-26-22(29(8,9)10)17-21(28(5,6)7)24(23(18)26)30(11,12)13/h14-18H,1-13H3. The first-order chi connectivity index (χ1) is 15.2. The van der Waals surface area contributed by atoms with Crippen molar-refractivity contribution in [1.82, 2.24) is 0 Å². The lowest BCUT2D eigenvalue weighted by molar-refractivity contribution is 0.402. The van der Waals surface area contributed by atoms with Crippen LogP contribution in [-0.2, 0) is 21.7 Å². The second kappa shape index (κ2) is 8.51. The molecule has 0 aromatic heterocycles. The first-order valence-corrected chi connectivity index (χ1v) is 13.5. The maximum absolute atomic E-state index is 15.6. The molecule has 0 N–H and O–H groups in total. The molecule has 1 aliphatic heterocycles. The molecular formula is C30H44FO2P. The molecule has 0 spiro atoms. The number of para-hydroxylation sites is 1. The molecule has 34 heavy (non-hydrogen) atoms. The minimum Gasteiger partial charge on any atom is -0.414 e. The van der Waals surface area contributed by atoms with Crippen LogP contribution in [0, 0.1) is 0 Å². The van der Waals surface area contributed by atoms with E-state index >= 15 is 4.20 Å². The molecule has 2 atom stereocenters. The third-order valence-corrected chi connectivity index (χ3v) is 7.41. The summed E-state index contributed by atoms with van der Waals surface area (Å²) in [5, 5.41) is 0. The van der Waals surface area contributed by atoms with Crippen LogP contribution in [0.4, 0.5) is 4.20 Å². The van der Waals surface area contributed by atoms with Crippen LogP contribution in [0.25, 0.3) is 0 Å². The Morgan fingerprint density at radius 1 is 0.676 bits per heavy atom. The largest absolute Gasteiger partial charge is 0.505 e. The van der Waals surface area contributed by atoms with Crippen molar-refractivity contribution in [3.8, 4) is 11.5 Å². The van der Waals surface area contributed by atoms with Crippen LogP contribution >= 0.6 is 8.69 Å². The number of hydrogen-bond donors (Lipinski definition) is 0. The molecule has 1 heterocycles. The Morgan fingerprint density at radius 3 is 1.65 bits per heavy atom. The predicted molar refractivity (Wildman–Crippen MR) is 144 cm³/mol. The molecule has 0 fully saturated rings. The van der Waals surface area contributed by atoms with Gasteiger partial charge in [-0.05, 0) is 32.8 Å². The van der Waals surface area contributed by atoms with Gasteiger partial charge in [-0.1, -0.05) is 114 Å². The van der Waals surface area contributed by atoms with Crippen LogP contribution in [0.15, 0.2) is 24.3 Å². The zero-order valence-electron chi connectivity index (χ0n) is 23.5. The van der Waals surface area contributed by atoms with Crippen LogP contribution in [-0.4, -0.2) is 0 Å². The minimum absolute atomic E-state index is 0.0198. The van der Waals surface area contributed by atoms with E-state index < -0.39 is 8.69 Å². The second-order valence-electron chi connectivity index (χ2n) is 13.9. The van der Waals surface area contributed by atoms with Crippen LogP contribution in [0.3, 0.4) is 0 Å². The summed E-state index contributed by atoms with van der Waals surface area (Å²) in [4.78, 5) is 0. The van der Waals surface area contributed by atoms with Gasteiger partial charge in [-0.2, -0.15) is 0 Å². The smallest absolute Gasteiger partial charge is 0.414 e. The lowest BCUT2D eigenvalue weighted by Gasteiger charge is -2.39. The molecular weight excluding hydrogens is 442 g/mol. The Labute approximate surface area is 208 Å². The van der Waals surface area contributed by atoms with E-state index in [4.69, 9.17) is 9.05 Å². The van der Waals surface area contributed by atoms with Crippen molar-refractivity contribution in [2.75, 3.05) is 0 Å². The molecule has 2 aromatic carbocycles.